The van der Waals surface area contributed by atoms with Gasteiger partial charge >= 0.3 is 6.72 Å². The highest BCUT2D eigenvalue weighted by molar-refractivity contribution is 8.07. The van der Waals surface area contributed by atoms with Crippen LogP contribution >= 0.6 is 6.72 Å². The normalized spacial score (nSPS) is 24.8. The lowest BCUT2D eigenvalue weighted by Crippen LogP contribution is -2.51. The molecule has 0 spiro atoms. The van der Waals surface area contributed by atoms with Gasteiger partial charge in [0, 0.05) is 0 Å². The Morgan fingerprint density at radius 2 is 1.46 bits per heavy atom. The zero-order valence-corrected chi connectivity index (χ0v) is 35.0. The molecule has 286 valence electrons. The second kappa shape index (κ2) is 14.9. The highest BCUT2D eigenvalue weighted by Gasteiger charge is 2.58. The molecule has 4 heterocycles. The lowest BCUT2D eigenvalue weighted by molar-refractivity contribution is -0.0956. The fourth-order valence-electron chi connectivity index (χ4n) is 7.02. The van der Waals surface area contributed by atoms with E-state index < -0.39 is 51.2 Å². The number of nitrogens with zero attached hydrogens (tertiary/aromatic N) is 4. The van der Waals surface area contributed by atoms with Crippen molar-refractivity contribution in [3.8, 4) is 5.75 Å². The average Bonchev–Trinajstić information content (AvgIpc) is 3.72. The minimum absolute atomic E-state index is 0.0863. The van der Waals surface area contributed by atoms with Crippen LogP contribution in [0.3, 0.4) is 0 Å². The van der Waals surface area contributed by atoms with Crippen molar-refractivity contribution in [3.63, 3.8) is 0 Å². The maximum Gasteiger partial charge on any atom is 0.328 e. The van der Waals surface area contributed by atoms with E-state index in [0.29, 0.717) is 17.0 Å². The first kappa shape index (κ1) is 38.7. The van der Waals surface area contributed by atoms with Crippen LogP contribution in [-0.2, 0) is 40.1 Å². The SMILES string of the molecule is COc1ccc(C(Nc2ncnc3c2ncn3C2OC3C(C)OP(=S)(OC(C)C)OC3C2O[Si](C)(C)C(C)(C)C)(c2ccccc2)c2ccccc2)cc1. The zero-order valence-electron chi connectivity index (χ0n) is 32.3. The van der Waals surface area contributed by atoms with Gasteiger partial charge in [0.2, 0.25) is 0 Å². The van der Waals surface area contributed by atoms with Crippen LogP contribution < -0.4 is 10.1 Å². The number of nitrogens with one attached hydrogen (secondary N) is 1. The van der Waals surface area contributed by atoms with Gasteiger partial charge in [-0.1, -0.05) is 93.6 Å². The first-order valence-electron chi connectivity index (χ1n) is 18.4. The minimum Gasteiger partial charge on any atom is -0.497 e. The average molecular weight is 788 g/mol. The van der Waals surface area contributed by atoms with Gasteiger partial charge in [-0.25, -0.2) is 15.0 Å². The Hall–Kier alpha value is -3.52. The number of anilines is 1. The Bertz CT molecular complexity index is 2080. The summed E-state index contributed by atoms with van der Waals surface area (Å²) in [7, 11) is -0.713. The van der Waals surface area contributed by atoms with Crippen LogP contribution in [0.5, 0.6) is 5.75 Å². The molecule has 6 unspecified atom stereocenters. The van der Waals surface area contributed by atoms with Gasteiger partial charge in [-0.05, 0) is 79.5 Å². The summed E-state index contributed by atoms with van der Waals surface area (Å²) >= 11 is 5.91. The summed E-state index contributed by atoms with van der Waals surface area (Å²) < 4.78 is 40.5. The molecule has 3 aromatic carbocycles. The number of imidazole rings is 1. The van der Waals surface area contributed by atoms with E-state index in [1.165, 1.54) is 0 Å². The van der Waals surface area contributed by atoms with E-state index in [1.807, 2.05) is 73.9 Å². The van der Waals surface area contributed by atoms with Crippen LogP contribution in [0.25, 0.3) is 11.2 Å². The van der Waals surface area contributed by atoms with Crippen molar-refractivity contribution in [2.75, 3.05) is 12.4 Å². The first-order chi connectivity index (χ1) is 25.7. The van der Waals surface area contributed by atoms with Gasteiger partial charge in [-0.3, -0.25) is 9.09 Å². The molecular weight excluding hydrogens is 738 g/mol. The molecule has 2 aromatic heterocycles. The number of hydrogen-bond donors (Lipinski definition) is 1. The van der Waals surface area contributed by atoms with Crippen LogP contribution in [0.2, 0.25) is 18.1 Å². The lowest BCUT2D eigenvalue weighted by Gasteiger charge is -2.43. The van der Waals surface area contributed by atoms with Crippen LogP contribution in [0.15, 0.2) is 97.6 Å². The number of benzene rings is 3. The minimum atomic E-state index is -3.09. The molecule has 2 fully saturated rings. The van der Waals surface area contributed by atoms with Crippen molar-refractivity contribution in [3.05, 3.63) is 114 Å². The summed E-state index contributed by atoms with van der Waals surface area (Å²) in [6.07, 6.45) is 0.546. The molecule has 2 aliphatic rings. The van der Waals surface area contributed by atoms with Gasteiger partial charge in [-0.15, -0.1) is 0 Å². The van der Waals surface area contributed by atoms with Crippen molar-refractivity contribution in [2.24, 2.45) is 0 Å². The van der Waals surface area contributed by atoms with Crippen LogP contribution in [0.4, 0.5) is 5.82 Å². The van der Waals surface area contributed by atoms with E-state index in [2.05, 4.69) is 75.6 Å². The molecule has 54 heavy (non-hydrogen) atoms. The number of fused-ring (bicyclic) bond motifs is 2. The standard InChI is InChI=1S/C40H50N5O6PSSi/c1-26(2)48-52(53)49-27(3)33-34(50-52)35(51-54(8,9)39(4,5)6)38(47-33)45-25-43-32-36(41-24-42-37(32)45)44-40(28-16-12-10-13-17-28,29-18-14-11-15-19-29)30-20-22-31(46-7)23-21-30/h10-27,33-35,38H,1-9H3,(H,41,42,44). The van der Waals surface area contributed by atoms with E-state index in [1.54, 1.807) is 19.8 Å². The highest BCUT2D eigenvalue weighted by Crippen LogP contribution is 2.60. The lowest BCUT2D eigenvalue weighted by atomic mass is 9.77. The quantitative estimate of drug-likeness (QED) is 0.0787. The van der Waals surface area contributed by atoms with Crippen molar-refractivity contribution < 1.29 is 27.5 Å². The molecule has 0 bridgehead atoms. The van der Waals surface area contributed by atoms with E-state index in [-0.39, 0.29) is 11.1 Å². The first-order valence-corrected chi connectivity index (χ1v) is 23.8. The third-order valence-electron chi connectivity index (χ3n) is 10.7. The Morgan fingerprint density at radius 3 is 2.04 bits per heavy atom. The van der Waals surface area contributed by atoms with Gasteiger partial charge in [-0.2, -0.15) is 0 Å². The van der Waals surface area contributed by atoms with E-state index in [4.69, 9.17) is 54.2 Å². The predicted octanol–water partition coefficient (Wildman–Crippen LogP) is 8.98. The molecule has 0 radical (unpaired) electrons. The van der Waals surface area contributed by atoms with E-state index in [0.717, 1.165) is 22.4 Å². The fourth-order valence-corrected chi connectivity index (χ4v) is 11.3. The number of ether oxygens (including phenoxy) is 2. The Kier molecular flexibility index (Phi) is 10.7. The summed E-state index contributed by atoms with van der Waals surface area (Å²) in [5, 5.41) is 3.79. The fraction of sp³-hybridized carbons (Fsp3) is 0.425. The molecule has 2 saturated heterocycles. The van der Waals surface area contributed by atoms with Crippen molar-refractivity contribution in [2.45, 2.75) is 102 Å². The second-order valence-corrected chi connectivity index (χ2v) is 23.3. The van der Waals surface area contributed by atoms with Gasteiger partial charge < -0.3 is 28.3 Å². The van der Waals surface area contributed by atoms with Crippen LogP contribution in [-0.4, -0.2) is 65.5 Å². The van der Waals surface area contributed by atoms with Gasteiger partial charge in [0.1, 0.15) is 35.9 Å². The largest absolute Gasteiger partial charge is 0.497 e. The van der Waals surface area contributed by atoms with Crippen LogP contribution in [0, 0.1) is 0 Å². The Balaban J connectivity index is 1.35. The summed E-state index contributed by atoms with van der Waals surface area (Å²) in [4.78, 5) is 14.6. The van der Waals surface area contributed by atoms with Gasteiger partial charge in [0.05, 0.1) is 25.6 Å². The molecule has 7 rings (SSSR count). The topological polar surface area (TPSA) is 111 Å². The van der Waals surface area contributed by atoms with Crippen molar-refractivity contribution >= 4 is 43.8 Å². The summed E-state index contributed by atoms with van der Waals surface area (Å²) in [6, 6.07) is 28.8. The molecule has 11 nitrogen and oxygen atoms in total. The predicted molar refractivity (Wildman–Crippen MR) is 217 cm³/mol. The molecule has 1 N–H and O–H groups in total. The smallest absolute Gasteiger partial charge is 0.328 e. The summed E-state index contributed by atoms with van der Waals surface area (Å²) in [5.74, 6) is 1.31. The Morgan fingerprint density at radius 1 is 0.852 bits per heavy atom. The maximum atomic E-state index is 7.20. The molecule has 14 heteroatoms. The molecule has 0 amide bonds. The van der Waals surface area contributed by atoms with E-state index in [9.17, 15) is 0 Å². The molecule has 2 aliphatic heterocycles. The molecular formula is C40H50N5O6PSSi. The van der Waals surface area contributed by atoms with Gasteiger partial charge in [0.15, 0.2) is 31.5 Å². The van der Waals surface area contributed by atoms with E-state index >= 15 is 0 Å². The summed E-state index contributed by atoms with van der Waals surface area (Å²) in [6.45, 7) is 13.8. The highest BCUT2D eigenvalue weighted by atomic mass is 32.5. The van der Waals surface area contributed by atoms with Gasteiger partial charge in [0.25, 0.3) is 0 Å². The monoisotopic (exact) mass is 787 g/mol. The summed E-state index contributed by atoms with van der Waals surface area (Å²) in [5.41, 5.74) is 3.30. The number of rotatable bonds is 11. The molecule has 6 atom stereocenters. The van der Waals surface area contributed by atoms with Crippen molar-refractivity contribution in [1.29, 1.82) is 0 Å². The third kappa shape index (κ3) is 7.17. The second-order valence-electron chi connectivity index (χ2n) is 15.7. The van der Waals surface area contributed by atoms with Crippen LogP contribution in [0.1, 0.15) is 64.5 Å². The van der Waals surface area contributed by atoms with Crippen molar-refractivity contribution in [1.82, 2.24) is 19.5 Å². The Labute approximate surface area is 324 Å². The third-order valence-corrected chi connectivity index (χ3v) is 17.7. The number of methoxy groups -OCH3 is 1. The number of aromatic nitrogens is 4. The molecule has 5 aromatic rings. The zero-order chi connectivity index (χ0) is 38.5. The molecule has 0 saturated carbocycles. The molecule has 0 aliphatic carbocycles. The maximum absolute atomic E-state index is 7.20. The number of hydrogen-bond acceptors (Lipinski definition) is 11.